The summed E-state index contributed by atoms with van der Waals surface area (Å²) in [6.45, 7) is 3.98. The van der Waals surface area contributed by atoms with Crippen LogP contribution in [-0.4, -0.2) is 25.7 Å². The van der Waals surface area contributed by atoms with Crippen molar-refractivity contribution in [2.24, 2.45) is 10.9 Å². The minimum Gasteiger partial charge on any atom is -0.409 e. The molecule has 0 spiro atoms. The van der Waals surface area contributed by atoms with E-state index in [0.717, 1.165) is 5.69 Å². The Morgan fingerprint density at radius 3 is 2.71 bits per heavy atom. The molecule has 8 nitrogen and oxygen atoms in total. The van der Waals surface area contributed by atoms with Gasteiger partial charge in [0.05, 0.1) is 10.6 Å². The Balaban J connectivity index is 2.54. The van der Waals surface area contributed by atoms with E-state index in [1.165, 1.54) is 22.9 Å². The second kappa shape index (κ2) is 5.61. The molecule has 0 amide bonds. The summed E-state index contributed by atoms with van der Waals surface area (Å²) >= 11 is 0. The van der Waals surface area contributed by atoms with Crippen LogP contribution in [0.1, 0.15) is 31.0 Å². The van der Waals surface area contributed by atoms with Crippen molar-refractivity contribution < 1.29 is 10.1 Å². The van der Waals surface area contributed by atoms with E-state index in [9.17, 15) is 10.1 Å². The Hall–Kier alpha value is -2.90. The molecule has 0 aliphatic heterocycles. The number of hydrogen-bond acceptors (Lipinski definition) is 5. The summed E-state index contributed by atoms with van der Waals surface area (Å²) in [7, 11) is 0. The number of oxime groups is 1. The molecule has 0 radical (unpaired) electrons. The normalized spacial score (nSPS) is 11.9. The van der Waals surface area contributed by atoms with Crippen LogP contribution in [0.4, 0.5) is 5.69 Å². The van der Waals surface area contributed by atoms with Crippen molar-refractivity contribution in [1.82, 2.24) is 9.78 Å². The Labute approximate surface area is 120 Å². The molecule has 2 rings (SSSR count). The van der Waals surface area contributed by atoms with Gasteiger partial charge in [-0.25, -0.2) is 4.68 Å². The van der Waals surface area contributed by atoms with Crippen molar-refractivity contribution in [2.45, 2.75) is 19.8 Å². The van der Waals surface area contributed by atoms with E-state index in [2.05, 4.69) is 10.3 Å². The van der Waals surface area contributed by atoms with Crippen LogP contribution in [-0.2, 0) is 0 Å². The lowest BCUT2D eigenvalue weighted by Crippen LogP contribution is -2.14. The molecule has 0 aliphatic rings. The summed E-state index contributed by atoms with van der Waals surface area (Å²) in [5, 5.41) is 27.0. The molecule has 0 saturated heterocycles. The molecule has 0 saturated carbocycles. The van der Waals surface area contributed by atoms with Gasteiger partial charge in [0, 0.05) is 17.8 Å². The molecule has 2 aromatic rings. The van der Waals surface area contributed by atoms with Gasteiger partial charge in [0.2, 0.25) is 0 Å². The first-order valence-corrected chi connectivity index (χ1v) is 6.26. The monoisotopic (exact) mass is 289 g/mol. The lowest BCUT2D eigenvalue weighted by molar-refractivity contribution is -0.384. The van der Waals surface area contributed by atoms with Gasteiger partial charge in [0.1, 0.15) is 5.69 Å². The fraction of sp³-hybridized carbons (Fsp3) is 0.231. The third kappa shape index (κ3) is 2.83. The SMILES string of the molecule is CC(C)c1ccn(-c2ccc(C(N)=NO)cc2[N+](=O)[O-])n1. The van der Waals surface area contributed by atoms with Gasteiger partial charge in [-0.15, -0.1) is 0 Å². The number of aromatic nitrogens is 2. The number of nitro benzene ring substituents is 1. The average molecular weight is 289 g/mol. The lowest BCUT2D eigenvalue weighted by atomic mass is 10.1. The lowest BCUT2D eigenvalue weighted by Gasteiger charge is -2.06. The molecule has 1 aromatic carbocycles. The van der Waals surface area contributed by atoms with Crippen molar-refractivity contribution in [1.29, 1.82) is 0 Å². The largest absolute Gasteiger partial charge is 0.409 e. The van der Waals surface area contributed by atoms with E-state index in [4.69, 9.17) is 10.9 Å². The van der Waals surface area contributed by atoms with Crippen LogP contribution in [0.5, 0.6) is 0 Å². The Morgan fingerprint density at radius 1 is 1.48 bits per heavy atom. The summed E-state index contributed by atoms with van der Waals surface area (Å²) in [5.74, 6) is 0.0368. The number of nitro groups is 1. The molecule has 110 valence electrons. The first-order chi connectivity index (χ1) is 9.93. The molecule has 0 aliphatic carbocycles. The van der Waals surface area contributed by atoms with E-state index in [1.54, 1.807) is 6.20 Å². The van der Waals surface area contributed by atoms with Gasteiger partial charge in [0.25, 0.3) is 5.69 Å². The first-order valence-electron chi connectivity index (χ1n) is 6.26. The Morgan fingerprint density at radius 2 is 2.19 bits per heavy atom. The van der Waals surface area contributed by atoms with E-state index in [1.807, 2.05) is 19.9 Å². The number of amidine groups is 1. The summed E-state index contributed by atoms with van der Waals surface area (Å²) in [4.78, 5) is 10.7. The van der Waals surface area contributed by atoms with Gasteiger partial charge in [0.15, 0.2) is 5.84 Å². The van der Waals surface area contributed by atoms with Crippen LogP contribution < -0.4 is 5.73 Å². The van der Waals surface area contributed by atoms with Gasteiger partial charge in [-0.2, -0.15) is 5.10 Å². The third-order valence-corrected chi connectivity index (χ3v) is 3.02. The van der Waals surface area contributed by atoms with Gasteiger partial charge >= 0.3 is 0 Å². The predicted octanol–water partition coefficient (Wildman–Crippen LogP) is 2.00. The second-order valence-corrected chi connectivity index (χ2v) is 4.79. The van der Waals surface area contributed by atoms with Crippen molar-refractivity contribution >= 4 is 11.5 Å². The molecule has 1 heterocycles. The van der Waals surface area contributed by atoms with E-state index in [0.29, 0.717) is 5.69 Å². The van der Waals surface area contributed by atoms with E-state index >= 15 is 0 Å². The zero-order chi connectivity index (χ0) is 15.6. The maximum absolute atomic E-state index is 11.2. The summed E-state index contributed by atoms with van der Waals surface area (Å²) in [6.07, 6.45) is 1.67. The number of hydrogen-bond donors (Lipinski definition) is 2. The minimum atomic E-state index is -0.528. The second-order valence-electron chi connectivity index (χ2n) is 4.79. The summed E-state index contributed by atoms with van der Waals surface area (Å²) in [6, 6.07) is 6.11. The predicted molar refractivity (Wildman–Crippen MR) is 76.8 cm³/mol. The van der Waals surface area contributed by atoms with E-state index < -0.39 is 4.92 Å². The van der Waals surface area contributed by atoms with Crippen molar-refractivity contribution in [3.8, 4) is 5.69 Å². The molecule has 0 fully saturated rings. The third-order valence-electron chi connectivity index (χ3n) is 3.02. The Kier molecular flexibility index (Phi) is 3.88. The van der Waals surface area contributed by atoms with Crippen LogP contribution in [0.15, 0.2) is 35.6 Å². The van der Waals surface area contributed by atoms with Gasteiger partial charge < -0.3 is 10.9 Å². The van der Waals surface area contributed by atoms with Crippen molar-refractivity contribution in [3.63, 3.8) is 0 Å². The Bertz CT molecular complexity index is 706. The highest BCUT2D eigenvalue weighted by Gasteiger charge is 2.18. The highest BCUT2D eigenvalue weighted by Crippen LogP contribution is 2.25. The van der Waals surface area contributed by atoms with Crippen LogP contribution in [0, 0.1) is 10.1 Å². The molecule has 8 heteroatoms. The van der Waals surface area contributed by atoms with Gasteiger partial charge in [-0.3, -0.25) is 10.1 Å². The molecule has 3 N–H and O–H groups in total. The minimum absolute atomic E-state index is 0.169. The molecule has 1 aromatic heterocycles. The van der Waals surface area contributed by atoms with Crippen LogP contribution in [0.3, 0.4) is 0 Å². The van der Waals surface area contributed by atoms with Crippen LogP contribution in [0.25, 0.3) is 5.69 Å². The zero-order valence-corrected chi connectivity index (χ0v) is 11.6. The molecule has 0 atom stereocenters. The zero-order valence-electron chi connectivity index (χ0n) is 11.6. The molecule has 0 bridgehead atoms. The topological polar surface area (TPSA) is 120 Å². The highest BCUT2D eigenvalue weighted by molar-refractivity contribution is 5.98. The molecule has 21 heavy (non-hydrogen) atoms. The van der Waals surface area contributed by atoms with Gasteiger partial charge in [-0.1, -0.05) is 19.0 Å². The smallest absolute Gasteiger partial charge is 0.295 e. The standard InChI is InChI=1S/C13H15N5O3/c1-8(2)10-5-6-17(15-10)11-4-3-9(13(14)16-19)7-12(11)18(20)21/h3-8,19H,1-2H3,(H2,14,16). The highest BCUT2D eigenvalue weighted by atomic mass is 16.6. The quantitative estimate of drug-likeness (QED) is 0.293. The maximum Gasteiger partial charge on any atom is 0.295 e. The molecular weight excluding hydrogens is 274 g/mol. The number of rotatable bonds is 4. The fourth-order valence-corrected chi connectivity index (χ4v) is 1.86. The molecule has 0 unspecified atom stereocenters. The number of benzene rings is 1. The fourth-order valence-electron chi connectivity index (χ4n) is 1.86. The summed E-state index contributed by atoms with van der Waals surface area (Å²) < 4.78 is 1.45. The van der Waals surface area contributed by atoms with Crippen molar-refractivity contribution in [3.05, 3.63) is 51.8 Å². The number of nitrogens with two attached hydrogens (primary N) is 1. The van der Waals surface area contributed by atoms with E-state index in [-0.39, 0.29) is 23.0 Å². The van der Waals surface area contributed by atoms with Crippen LogP contribution >= 0.6 is 0 Å². The first kappa shape index (κ1) is 14.5. The molecular formula is C13H15N5O3. The van der Waals surface area contributed by atoms with Crippen molar-refractivity contribution in [2.75, 3.05) is 0 Å². The van der Waals surface area contributed by atoms with Gasteiger partial charge in [-0.05, 0) is 24.1 Å². The van der Waals surface area contributed by atoms with Crippen LogP contribution in [0.2, 0.25) is 0 Å². The average Bonchev–Trinajstić information content (AvgIpc) is 2.95. The maximum atomic E-state index is 11.2. The summed E-state index contributed by atoms with van der Waals surface area (Å²) in [5.41, 5.74) is 6.71. The number of nitrogens with zero attached hydrogens (tertiary/aromatic N) is 4.